The van der Waals surface area contributed by atoms with Crippen LogP contribution in [0.3, 0.4) is 0 Å². The second-order valence-corrected chi connectivity index (χ2v) is 7.70. The van der Waals surface area contributed by atoms with Crippen LogP contribution < -0.4 is 15.0 Å². The smallest absolute Gasteiger partial charge is 0.229 e. The van der Waals surface area contributed by atoms with Crippen LogP contribution in [0.5, 0.6) is 5.75 Å². The molecule has 0 saturated carbocycles. The largest absolute Gasteiger partial charge is 0.497 e. The van der Waals surface area contributed by atoms with Crippen LogP contribution in [0.2, 0.25) is 0 Å². The van der Waals surface area contributed by atoms with Gasteiger partial charge in [0, 0.05) is 44.1 Å². The van der Waals surface area contributed by atoms with Crippen LogP contribution >= 0.6 is 0 Å². The number of hydrogen-bond acceptors (Lipinski definition) is 6. The molecular weight excluding hydrogens is 390 g/mol. The number of amides is 1. The van der Waals surface area contributed by atoms with E-state index in [-0.39, 0.29) is 12.3 Å². The fourth-order valence-corrected chi connectivity index (χ4v) is 3.60. The SMILES string of the molecule is COc1cccc(CC(=O)Nc2ccc(-c3ccnc(N4CCN(C)CC4)c3)cn2)c1. The molecule has 1 aliphatic rings. The second kappa shape index (κ2) is 9.57. The van der Waals surface area contributed by atoms with Crippen molar-refractivity contribution in [2.24, 2.45) is 0 Å². The zero-order chi connectivity index (χ0) is 21.6. The van der Waals surface area contributed by atoms with Crippen LogP contribution in [0.1, 0.15) is 5.56 Å². The summed E-state index contributed by atoms with van der Waals surface area (Å²) in [7, 11) is 3.76. The van der Waals surface area contributed by atoms with Crippen LogP contribution in [-0.2, 0) is 11.2 Å². The molecule has 1 aliphatic heterocycles. The minimum absolute atomic E-state index is 0.116. The first-order valence-corrected chi connectivity index (χ1v) is 10.4. The molecule has 7 nitrogen and oxygen atoms in total. The molecule has 0 aliphatic carbocycles. The van der Waals surface area contributed by atoms with Crippen molar-refractivity contribution in [2.45, 2.75) is 6.42 Å². The Kier molecular flexibility index (Phi) is 6.43. The second-order valence-electron chi connectivity index (χ2n) is 7.70. The van der Waals surface area contributed by atoms with Gasteiger partial charge in [0.2, 0.25) is 5.91 Å². The zero-order valence-electron chi connectivity index (χ0n) is 17.9. The van der Waals surface area contributed by atoms with E-state index in [1.807, 2.05) is 48.7 Å². The number of aromatic nitrogens is 2. The van der Waals surface area contributed by atoms with Crippen molar-refractivity contribution >= 4 is 17.5 Å². The van der Waals surface area contributed by atoms with E-state index < -0.39 is 0 Å². The molecule has 0 bridgehead atoms. The molecule has 4 rings (SSSR count). The summed E-state index contributed by atoms with van der Waals surface area (Å²) in [6, 6.07) is 15.4. The van der Waals surface area contributed by atoms with E-state index in [9.17, 15) is 4.79 Å². The van der Waals surface area contributed by atoms with Gasteiger partial charge in [0.1, 0.15) is 17.4 Å². The molecule has 7 heteroatoms. The Morgan fingerprint density at radius 3 is 2.61 bits per heavy atom. The maximum Gasteiger partial charge on any atom is 0.229 e. The van der Waals surface area contributed by atoms with E-state index >= 15 is 0 Å². The Labute approximate surface area is 182 Å². The molecule has 1 saturated heterocycles. The number of anilines is 2. The van der Waals surface area contributed by atoms with Gasteiger partial charge in [-0.05, 0) is 54.6 Å². The number of hydrogen-bond donors (Lipinski definition) is 1. The number of likely N-dealkylation sites (N-methyl/N-ethyl adjacent to an activating group) is 1. The highest BCUT2D eigenvalue weighted by molar-refractivity contribution is 5.91. The summed E-state index contributed by atoms with van der Waals surface area (Å²) in [4.78, 5) is 26.0. The number of benzene rings is 1. The lowest BCUT2D eigenvalue weighted by molar-refractivity contribution is -0.115. The summed E-state index contributed by atoms with van der Waals surface area (Å²) in [5, 5.41) is 2.86. The predicted octanol–water partition coefficient (Wildman–Crippen LogP) is 3.09. The lowest BCUT2D eigenvalue weighted by Crippen LogP contribution is -2.44. The summed E-state index contributed by atoms with van der Waals surface area (Å²) in [6.45, 7) is 4.03. The lowest BCUT2D eigenvalue weighted by Gasteiger charge is -2.33. The normalized spacial score (nSPS) is 14.3. The quantitative estimate of drug-likeness (QED) is 0.665. The van der Waals surface area contributed by atoms with Gasteiger partial charge in [-0.3, -0.25) is 4.79 Å². The number of ether oxygens (including phenoxy) is 1. The highest BCUT2D eigenvalue weighted by Gasteiger charge is 2.15. The first-order valence-electron chi connectivity index (χ1n) is 10.4. The van der Waals surface area contributed by atoms with Crippen LogP contribution in [0.25, 0.3) is 11.1 Å². The minimum Gasteiger partial charge on any atom is -0.497 e. The van der Waals surface area contributed by atoms with Gasteiger partial charge >= 0.3 is 0 Å². The van der Waals surface area contributed by atoms with Crippen LogP contribution in [0, 0.1) is 0 Å². The summed E-state index contributed by atoms with van der Waals surface area (Å²) in [5.74, 6) is 2.14. The molecule has 31 heavy (non-hydrogen) atoms. The number of nitrogens with zero attached hydrogens (tertiary/aromatic N) is 4. The summed E-state index contributed by atoms with van der Waals surface area (Å²) in [6.07, 6.45) is 3.89. The third-order valence-corrected chi connectivity index (χ3v) is 5.44. The Morgan fingerprint density at radius 2 is 1.87 bits per heavy atom. The molecule has 0 spiro atoms. The van der Waals surface area contributed by atoms with Gasteiger partial charge in [0.15, 0.2) is 0 Å². The van der Waals surface area contributed by atoms with Crippen LogP contribution in [0.15, 0.2) is 60.9 Å². The van der Waals surface area contributed by atoms with Crippen molar-refractivity contribution in [2.75, 3.05) is 50.6 Å². The highest BCUT2D eigenvalue weighted by atomic mass is 16.5. The first kappa shape index (κ1) is 20.8. The standard InChI is InChI=1S/C24H27N5O2/c1-28-10-12-29(13-11-28)23-16-19(8-9-25-23)20-6-7-22(26-17-20)27-24(30)15-18-4-3-5-21(14-18)31-2/h3-9,14,16-17H,10-13,15H2,1-2H3,(H,26,27,30). The van der Waals surface area contributed by atoms with Crippen molar-refractivity contribution in [1.29, 1.82) is 0 Å². The average Bonchev–Trinajstić information content (AvgIpc) is 2.80. The number of piperazine rings is 1. The number of pyridine rings is 2. The molecule has 0 atom stereocenters. The van der Waals surface area contributed by atoms with Crippen molar-refractivity contribution in [3.8, 4) is 16.9 Å². The van der Waals surface area contributed by atoms with Crippen molar-refractivity contribution in [1.82, 2.24) is 14.9 Å². The molecule has 1 fully saturated rings. The minimum atomic E-state index is -0.116. The van der Waals surface area contributed by atoms with Gasteiger partial charge in [-0.2, -0.15) is 0 Å². The lowest BCUT2D eigenvalue weighted by atomic mass is 10.1. The van der Waals surface area contributed by atoms with Gasteiger partial charge in [-0.15, -0.1) is 0 Å². The number of rotatable bonds is 6. The Morgan fingerprint density at radius 1 is 1.03 bits per heavy atom. The molecule has 1 amide bonds. The van der Waals surface area contributed by atoms with Gasteiger partial charge in [0.05, 0.1) is 13.5 Å². The van der Waals surface area contributed by atoms with Crippen molar-refractivity contribution < 1.29 is 9.53 Å². The van der Waals surface area contributed by atoms with Gasteiger partial charge in [-0.25, -0.2) is 9.97 Å². The van der Waals surface area contributed by atoms with E-state index in [2.05, 4.69) is 38.2 Å². The highest BCUT2D eigenvalue weighted by Crippen LogP contribution is 2.24. The topological polar surface area (TPSA) is 70.6 Å². The van der Waals surface area contributed by atoms with Gasteiger partial charge < -0.3 is 19.9 Å². The summed E-state index contributed by atoms with van der Waals surface area (Å²) >= 11 is 0. The zero-order valence-corrected chi connectivity index (χ0v) is 17.9. The summed E-state index contributed by atoms with van der Waals surface area (Å²) < 4.78 is 5.21. The predicted molar refractivity (Wildman–Crippen MR) is 123 cm³/mol. The molecule has 1 aromatic carbocycles. The Bertz CT molecular complexity index is 1030. The molecule has 0 radical (unpaired) electrons. The van der Waals surface area contributed by atoms with E-state index in [0.29, 0.717) is 5.82 Å². The fraction of sp³-hybridized carbons (Fsp3) is 0.292. The third kappa shape index (κ3) is 5.38. The van der Waals surface area contributed by atoms with E-state index in [0.717, 1.165) is 54.4 Å². The average molecular weight is 418 g/mol. The van der Waals surface area contributed by atoms with E-state index in [4.69, 9.17) is 4.74 Å². The van der Waals surface area contributed by atoms with Gasteiger partial charge in [-0.1, -0.05) is 12.1 Å². The van der Waals surface area contributed by atoms with Crippen LogP contribution in [-0.4, -0.2) is 61.1 Å². The third-order valence-electron chi connectivity index (χ3n) is 5.44. The van der Waals surface area contributed by atoms with Crippen molar-refractivity contribution in [3.05, 3.63) is 66.5 Å². The Hall–Kier alpha value is -3.45. The molecule has 3 heterocycles. The van der Waals surface area contributed by atoms with E-state index in [1.54, 1.807) is 13.3 Å². The first-order chi connectivity index (χ1) is 15.1. The molecule has 160 valence electrons. The molecule has 1 N–H and O–H groups in total. The number of carbonyl (C=O) groups excluding carboxylic acids is 1. The monoisotopic (exact) mass is 417 g/mol. The van der Waals surface area contributed by atoms with Crippen molar-refractivity contribution in [3.63, 3.8) is 0 Å². The molecule has 0 unspecified atom stereocenters. The maximum atomic E-state index is 12.4. The molecule has 3 aromatic rings. The molecular formula is C24H27N5O2. The van der Waals surface area contributed by atoms with Crippen LogP contribution in [0.4, 0.5) is 11.6 Å². The number of carbonyl (C=O) groups is 1. The molecule has 2 aromatic heterocycles. The Balaban J connectivity index is 1.40. The number of nitrogens with one attached hydrogen (secondary N) is 1. The summed E-state index contributed by atoms with van der Waals surface area (Å²) in [5.41, 5.74) is 2.94. The maximum absolute atomic E-state index is 12.4. The fourth-order valence-electron chi connectivity index (χ4n) is 3.60. The van der Waals surface area contributed by atoms with Gasteiger partial charge in [0.25, 0.3) is 0 Å². The van der Waals surface area contributed by atoms with E-state index in [1.165, 1.54) is 0 Å². The number of methoxy groups -OCH3 is 1.